The van der Waals surface area contributed by atoms with E-state index in [-0.39, 0.29) is 5.84 Å². The molecule has 4 N–H and O–H groups in total. The van der Waals surface area contributed by atoms with Gasteiger partial charge in [0.15, 0.2) is 5.82 Å². The van der Waals surface area contributed by atoms with E-state index in [0.717, 1.165) is 18.9 Å². The largest absolute Gasteiger partial charge is 0.386 e. The summed E-state index contributed by atoms with van der Waals surface area (Å²) in [6, 6.07) is 2.33. The van der Waals surface area contributed by atoms with Crippen molar-refractivity contribution in [2.45, 2.75) is 36.2 Å². The van der Waals surface area contributed by atoms with Gasteiger partial charge in [-0.2, -0.15) is 4.72 Å². The standard InChI is InChI=1S/C11H15FN4O2S/c12-8-4-3-7-15-9(8)19(17,18)16-11(10(13)14)5-1-2-6-11/h3-4,7,16H,1-2,5-6H2,(H3,13,14). The van der Waals surface area contributed by atoms with Crippen LogP contribution in [-0.2, 0) is 10.0 Å². The molecule has 0 spiro atoms. The number of hydrogen-bond acceptors (Lipinski definition) is 4. The third-order valence-electron chi connectivity index (χ3n) is 3.28. The Balaban J connectivity index is 2.36. The summed E-state index contributed by atoms with van der Waals surface area (Å²) in [6.45, 7) is 0. The van der Waals surface area contributed by atoms with E-state index in [1.54, 1.807) is 0 Å². The fourth-order valence-corrected chi connectivity index (χ4v) is 3.73. The van der Waals surface area contributed by atoms with Crippen LogP contribution in [0.1, 0.15) is 25.7 Å². The Kier molecular flexibility index (Phi) is 3.55. The van der Waals surface area contributed by atoms with E-state index in [4.69, 9.17) is 11.1 Å². The van der Waals surface area contributed by atoms with Crippen molar-refractivity contribution in [3.05, 3.63) is 24.1 Å². The Labute approximate surface area is 110 Å². The van der Waals surface area contributed by atoms with Crippen LogP contribution in [0.3, 0.4) is 0 Å². The molecule has 104 valence electrons. The summed E-state index contributed by atoms with van der Waals surface area (Å²) in [4.78, 5) is 3.55. The zero-order valence-corrected chi connectivity index (χ0v) is 11.0. The van der Waals surface area contributed by atoms with Crippen LogP contribution in [0.5, 0.6) is 0 Å². The molecule has 0 amide bonds. The second-order valence-electron chi connectivity index (χ2n) is 4.60. The summed E-state index contributed by atoms with van der Waals surface area (Å²) >= 11 is 0. The number of nitrogens with zero attached hydrogens (tertiary/aromatic N) is 1. The van der Waals surface area contributed by atoms with Gasteiger partial charge >= 0.3 is 0 Å². The summed E-state index contributed by atoms with van der Waals surface area (Å²) in [5.41, 5.74) is 4.39. The van der Waals surface area contributed by atoms with E-state index in [1.165, 1.54) is 12.3 Å². The van der Waals surface area contributed by atoms with Crippen LogP contribution in [0.15, 0.2) is 23.4 Å². The summed E-state index contributed by atoms with van der Waals surface area (Å²) in [5, 5.41) is 6.91. The van der Waals surface area contributed by atoms with Crippen molar-refractivity contribution in [1.29, 1.82) is 5.41 Å². The lowest BCUT2D eigenvalue weighted by molar-refractivity contribution is 0.486. The van der Waals surface area contributed by atoms with Crippen molar-refractivity contribution in [2.24, 2.45) is 5.73 Å². The highest BCUT2D eigenvalue weighted by molar-refractivity contribution is 7.89. The Morgan fingerprint density at radius 2 is 2.11 bits per heavy atom. The molecule has 0 atom stereocenters. The molecular formula is C11H15FN4O2S. The van der Waals surface area contributed by atoms with Gasteiger partial charge in [-0.1, -0.05) is 12.8 Å². The zero-order valence-electron chi connectivity index (χ0n) is 10.2. The van der Waals surface area contributed by atoms with E-state index < -0.39 is 26.4 Å². The quantitative estimate of drug-likeness (QED) is 0.560. The smallest absolute Gasteiger partial charge is 0.261 e. The monoisotopic (exact) mass is 286 g/mol. The molecule has 0 bridgehead atoms. The molecule has 1 aliphatic rings. The average molecular weight is 286 g/mol. The lowest BCUT2D eigenvalue weighted by atomic mass is 9.98. The maximum atomic E-state index is 13.5. The van der Waals surface area contributed by atoms with E-state index in [1.807, 2.05) is 0 Å². The van der Waals surface area contributed by atoms with Crippen molar-refractivity contribution in [1.82, 2.24) is 9.71 Å². The van der Waals surface area contributed by atoms with Gasteiger partial charge in [-0.3, -0.25) is 5.41 Å². The van der Waals surface area contributed by atoms with Crippen molar-refractivity contribution >= 4 is 15.9 Å². The summed E-state index contributed by atoms with van der Waals surface area (Å²) in [6.07, 6.45) is 3.62. The first-order valence-corrected chi connectivity index (χ1v) is 7.35. The first kappa shape index (κ1) is 13.9. The number of hydrogen-bond donors (Lipinski definition) is 3. The first-order chi connectivity index (χ1) is 8.87. The van der Waals surface area contributed by atoms with Crippen LogP contribution in [0.2, 0.25) is 0 Å². The van der Waals surface area contributed by atoms with Crippen molar-refractivity contribution < 1.29 is 12.8 Å². The minimum Gasteiger partial charge on any atom is -0.386 e. The lowest BCUT2D eigenvalue weighted by Gasteiger charge is -2.28. The minimum absolute atomic E-state index is 0.245. The number of aromatic nitrogens is 1. The first-order valence-electron chi connectivity index (χ1n) is 5.86. The van der Waals surface area contributed by atoms with Crippen LogP contribution in [0.25, 0.3) is 0 Å². The number of nitrogens with two attached hydrogens (primary N) is 1. The van der Waals surface area contributed by atoms with Gasteiger partial charge in [-0.05, 0) is 25.0 Å². The van der Waals surface area contributed by atoms with E-state index in [9.17, 15) is 12.8 Å². The second kappa shape index (κ2) is 4.86. The molecule has 0 aliphatic heterocycles. The highest BCUT2D eigenvalue weighted by Gasteiger charge is 2.41. The molecule has 1 aromatic heterocycles. The molecule has 1 aliphatic carbocycles. The zero-order chi connectivity index (χ0) is 14.1. The van der Waals surface area contributed by atoms with Gasteiger partial charge in [0.2, 0.25) is 5.03 Å². The van der Waals surface area contributed by atoms with Crippen molar-refractivity contribution in [3.63, 3.8) is 0 Å². The summed E-state index contributed by atoms with van der Waals surface area (Å²) in [5.74, 6) is -1.17. The molecule has 0 aromatic carbocycles. The third-order valence-corrected chi connectivity index (χ3v) is 4.75. The van der Waals surface area contributed by atoms with Gasteiger partial charge in [0.25, 0.3) is 10.0 Å². The molecule has 0 radical (unpaired) electrons. The number of sulfonamides is 1. The highest BCUT2D eigenvalue weighted by Crippen LogP contribution is 2.31. The average Bonchev–Trinajstić information content (AvgIpc) is 2.78. The number of halogens is 1. The molecule has 1 fully saturated rings. The van der Waals surface area contributed by atoms with Gasteiger partial charge in [-0.25, -0.2) is 17.8 Å². The van der Waals surface area contributed by atoms with E-state index >= 15 is 0 Å². The van der Waals surface area contributed by atoms with Crippen LogP contribution < -0.4 is 10.5 Å². The number of amidine groups is 1. The normalized spacial score (nSPS) is 18.4. The van der Waals surface area contributed by atoms with Gasteiger partial charge in [0, 0.05) is 6.20 Å². The Hall–Kier alpha value is -1.54. The lowest BCUT2D eigenvalue weighted by Crippen LogP contribution is -2.55. The SMILES string of the molecule is N=C(N)C1(NS(=O)(=O)c2ncccc2F)CCCC1. The fourth-order valence-electron chi connectivity index (χ4n) is 2.28. The van der Waals surface area contributed by atoms with Crippen molar-refractivity contribution in [2.75, 3.05) is 0 Å². The number of nitrogens with one attached hydrogen (secondary N) is 2. The summed E-state index contributed by atoms with van der Waals surface area (Å²) < 4.78 is 40.2. The van der Waals surface area contributed by atoms with Gasteiger partial charge < -0.3 is 5.73 Å². The topological polar surface area (TPSA) is 109 Å². The predicted octanol–water partition coefficient (Wildman–Crippen LogP) is 0.748. The Morgan fingerprint density at radius 1 is 1.47 bits per heavy atom. The number of pyridine rings is 1. The predicted molar refractivity (Wildman–Crippen MR) is 67.6 cm³/mol. The molecule has 1 aromatic rings. The molecule has 1 saturated carbocycles. The maximum Gasteiger partial charge on any atom is 0.261 e. The van der Waals surface area contributed by atoms with Gasteiger partial charge in [0.05, 0.1) is 5.54 Å². The van der Waals surface area contributed by atoms with Crippen LogP contribution in [0, 0.1) is 11.2 Å². The van der Waals surface area contributed by atoms with Crippen LogP contribution in [-0.4, -0.2) is 24.8 Å². The van der Waals surface area contributed by atoms with Gasteiger partial charge in [0.1, 0.15) is 5.84 Å². The van der Waals surface area contributed by atoms with E-state index in [0.29, 0.717) is 12.8 Å². The third kappa shape index (κ3) is 2.59. The molecule has 1 heterocycles. The van der Waals surface area contributed by atoms with Gasteiger partial charge in [-0.15, -0.1) is 0 Å². The molecule has 2 rings (SSSR count). The molecule has 0 saturated heterocycles. The molecule has 0 unspecified atom stereocenters. The molecule has 19 heavy (non-hydrogen) atoms. The highest BCUT2D eigenvalue weighted by atomic mass is 32.2. The van der Waals surface area contributed by atoms with Crippen molar-refractivity contribution in [3.8, 4) is 0 Å². The van der Waals surface area contributed by atoms with Crippen LogP contribution in [0.4, 0.5) is 4.39 Å². The Bertz CT molecular complexity index is 596. The Morgan fingerprint density at radius 3 is 2.63 bits per heavy atom. The number of rotatable bonds is 4. The molecular weight excluding hydrogens is 271 g/mol. The minimum atomic E-state index is -4.13. The fraction of sp³-hybridized carbons (Fsp3) is 0.455. The maximum absolute atomic E-state index is 13.5. The van der Waals surface area contributed by atoms with Crippen LogP contribution >= 0.6 is 0 Å². The molecule has 8 heteroatoms. The second-order valence-corrected chi connectivity index (χ2v) is 6.20. The molecule has 6 nitrogen and oxygen atoms in total. The van der Waals surface area contributed by atoms with E-state index in [2.05, 4.69) is 9.71 Å². The summed E-state index contributed by atoms with van der Waals surface area (Å²) in [7, 11) is -4.13.